The molecule has 2 heterocycles. The third-order valence-corrected chi connectivity index (χ3v) is 2.07. The van der Waals surface area contributed by atoms with E-state index in [1.165, 1.54) is 6.20 Å². The highest BCUT2D eigenvalue weighted by Gasteiger charge is 2.33. The number of aromatic nitrogens is 3. The molecular weight excluding hydrogens is 219 g/mol. The van der Waals surface area contributed by atoms with Crippen molar-refractivity contribution in [3.8, 4) is 11.4 Å². The molecule has 1 N–H and O–H groups in total. The molecule has 16 heavy (non-hydrogen) atoms. The Morgan fingerprint density at radius 2 is 1.88 bits per heavy atom. The molecule has 0 saturated heterocycles. The molecule has 0 saturated carbocycles. The maximum atomic E-state index is 12.3. The third-order valence-electron chi connectivity index (χ3n) is 2.07. The summed E-state index contributed by atoms with van der Waals surface area (Å²) in [5.41, 5.74) is 0.468. The Morgan fingerprint density at radius 3 is 2.38 bits per heavy atom. The summed E-state index contributed by atoms with van der Waals surface area (Å²) in [6.07, 6.45) is -2.15. The summed E-state index contributed by atoms with van der Waals surface area (Å²) < 4.78 is 36.9. The van der Waals surface area contributed by atoms with Gasteiger partial charge < -0.3 is 4.98 Å². The highest BCUT2D eigenvalue weighted by molar-refractivity contribution is 5.53. The smallest absolute Gasteiger partial charge is 0.334 e. The number of halogens is 3. The quantitative estimate of drug-likeness (QED) is 0.813. The van der Waals surface area contributed by atoms with E-state index in [1.54, 1.807) is 19.1 Å². The molecule has 0 aliphatic rings. The number of hydrogen-bond donors (Lipinski definition) is 1. The number of aryl methyl sites for hydroxylation is 1. The van der Waals surface area contributed by atoms with Crippen LogP contribution in [0.3, 0.4) is 0 Å². The van der Waals surface area contributed by atoms with Crippen molar-refractivity contribution >= 4 is 0 Å². The van der Waals surface area contributed by atoms with E-state index in [4.69, 9.17) is 0 Å². The Morgan fingerprint density at radius 1 is 1.12 bits per heavy atom. The first-order valence-corrected chi connectivity index (χ1v) is 4.52. The number of imidazole rings is 1. The largest absolute Gasteiger partial charge is 0.432 e. The Hall–Kier alpha value is -1.85. The second-order valence-corrected chi connectivity index (χ2v) is 3.33. The van der Waals surface area contributed by atoms with Gasteiger partial charge in [0, 0.05) is 17.5 Å². The highest BCUT2D eigenvalue weighted by Crippen LogP contribution is 2.29. The molecule has 0 spiro atoms. The third kappa shape index (κ3) is 2.05. The molecule has 3 nitrogen and oxygen atoms in total. The minimum atomic E-state index is -4.40. The molecule has 2 aromatic heterocycles. The molecule has 0 fully saturated rings. The maximum Gasteiger partial charge on any atom is 0.432 e. The lowest BCUT2D eigenvalue weighted by Gasteiger charge is -2.01. The van der Waals surface area contributed by atoms with Crippen LogP contribution >= 0.6 is 0 Å². The van der Waals surface area contributed by atoms with Crippen LogP contribution in [0.15, 0.2) is 24.5 Å². The Labute approximate surface area is 89.4 Å². The first-order valence-electron chi connectivity index (χ1n) is 4.52. The summed E-state index contributed by atoms with van der Waals surface area (Å²) >= 11 is 0. The molecule has 0 radical (unpaired) electrons. The molecule has 0 aromatic carbocycles. The highest BCUT2D eigenvalue weighted by atomic mass is 19.4. The molecule has 6 heteroatoms. The van der Waals surface area contributed by atoms with Gasteiger partial charge in [0.1, 0.15) is 11.5 Å². The van der Waals surface area contributed by atoms with E-state index in [9.17, 15) is 13.2 Å². The van der Waals surface area contributed by atoms with Gasteiger partial charge in [-0.05, 0) is 19.1 Å². The lowest BCUT2D eigenvalue weighted by Crippen LogP contribution is -2.04. The number of H-pyrrole nitrogens is 1. The summed E-state index contributed by atoms with van der Waals surface area (Å²) in [7, 11) is 0. The van der Waals surface area contributed by atoms with Crippen molar-refractivity contribution in [3.63, 3.8) is 0 Å². The van der Waals surface area contributed by atoms with Crippen molar-refractivity contribution in [2.75, 3.05) is 0 Å². The molecule has 0 aliphatic heterocycles. The van der Waals surface area contributed by atoms with Crippen LogP contribution in [-0.4, -0.2) is 15.0 Å². The Balaban J connectivity index is 2.35. The number of aromatic amines is 1. The molecule has 0 bridgehead atoms. The van der Waals surface area contributed by atoms with E-state index in [0.29, 0.717) is 5.56 Å². The van der Waals surface area contributed by atoms with Crippen molar-refractivity contribution < 1.29 is 13.2 Å². The lowest BCUT2D eigenvalue weighted by molar-refractivity contribution is -0.140. The SMILES string of the molecule is Cc1ccc(-c2ncc(C(F)(F)F)[nH]2)cn1. The summed E-state index contributed by atoms with van der Waals surface area (Å²) in [6.45, 7) is 1.80. The number of nitrogens with one attached hydrogen (secondary N) is 1. The number of nitrogens with zero attached hydrogens (tertiary/aromatic N) is 2. The van der Waals surface area contributed by atoms with Crippen molar-refractivity contribution in [2.24, 2.45) is 0 Å². The van der Waals surface area contributed by atoms with Crippen LogP contribution in [0.2, 0.25) is 0 Å². The average molecular weight is 227 g/mol. The normalized spacial score (nSPS) is 11.8. The molecule has 0 unspecified atom stereocenters. The van der Waals surface area contributed by atoms with E-state index >= 15 is 0 Å². The van der Waals surface area contributed by atoms with E-state index < -0.39 is 11.9 Å². The molecule has 0 aliphatic carbocycles. The fraction of sp³-hybridized carbons (Fsp3) is 0.200. The van der Waals surface area contributed by atoms with E-state index in [2.05, 4.69) is 15.0 Å². The fourth-order valence-corrected chi connectivity index (χ4v) is 1.22. The van der Waals surface area contributed by atoms with Crippen LogP contribution in [0.5, 0.6) is 0 Å². The second kappa shape index (κ2) is 3.62. The summed E-state index contributed by atoms with van der Waals surface area (Å²) in [5.74, 6) is 0.167. The molecule has 2 rings (SSSR count). The van der Waals surface area contributed by atoms with Gasteiger partial charge in [0.05, 0.1) is 6.20 Å². The minimum Gasteiger partial charge on any atom is -0.334 e. The number of rotatable bonds is 1. The van der Waals surface area contributed by atoms with Gasteiger partial charge in [0.2, 0.25) is 0 Å². The van der Waals surface area contributed by atoms with E-state index in [0.717, 1.165) is 11.9 Å². The van der Waals surface area contributed by atoms with Gasteiger partial charge in [0.15, 0.2) is 0 Å². The summed E-state index contributed by atoms with van der Waals surface area (Å²) in [6, 6.07) is 3.38. The summed E-state index contributed by atoms with van der Waals surface area (Å²) in [4.78, 5) is 9.87. The number of alkyl halides is 3. The van der Waals surface area contributed by atoms with Crippen molar-refractivity contribution in [1.82, 2.24) is 15.0 Å². The van der Waals surface area contributed by atoms with Crippen LogP contribution < -0.4 is 0 Å². The van der Waals surface area contributed by atoms with Crippen molar-refractivity contribution in [3.05, 3.63) is 35.9 Å². The maximum absolute atomic E-state index is 12.3. The van der Waals surface area contributed by atoms with E-state index in [-0.39, 0.29) is 5.82 Å². The zero-order valence-corrected chi connectivity index (χ0v) is 8.34. The molecular formula is C10H8F3N3. The molecule has 0 atom stereocenters. The Kier molecular flexibility index (Phi) is 2.41. The fourth-order valence-electron chi connectivity index (χ4n) is 1.22. The molecule has 2 aromatic rings. The predicted molar refractivity (Wildman–Crippen MR) is 51.6 cm³/mol. The van der Waals surface area contributed by atoms with Gasteiger partial charge in [-0.2, -0.15) is 13.2 Å². The topological polar surface area (TPSA) is 41.6 Å². The monoisotopic (exact) mass is 227 g/mol. The van der Waals surface area contributed by atoms with Crippen LogP contribution in [0.1, 0.15) is 11.4 Å². The predicted octanol–water partition coefficient (Wildman–Crippen LogP) is 2.80. The molecule has 0 amide bonds. The Bertz CT molecular complexity index is 485. The van der Waals surface area contributed by atoms with Gasteiger partial charge in [-0.15, -0.1) is 0 Å². The first-order chi connectivity index (χ1) is 7.47. The van der Waals surface area contributed by atoms with Gasteiger partial charge in [-0.25, -0.2) is 4.98 Å². The summed E-state index contributed by atoms with van der Waals surface area (Å²) in [5, 5.41) is 0. The zero-order chi connectivity index (χ0) is 11.8. The van der Waals surface area contributed by atoms with Gasteiger partial charge >= 0.3 is 6.18 Å². The second-order valence-electron chi connectivity index (χ2n) is 3.33. The van der Waals surface area contributed by atoms with Gasteiger partial charge in [-0.3, -0.25) is 4.98 Å². The van der Waals surface area contributed by atoms with Crippen LogP contribution in [-0.2, 0) is 6.18 Å². The van der Waals surface area contributed by atoms with Crippen molar-refractivity contribution in [1.29, 1.82) is 0 Å². The average Bonchev–Trinajstić information content (AvgIpc) is 2.67. The first kappa shape index (κ1) is 10.7. The van der Waals surface area contributed by atoms with Crippen LogP contribution in [0.25, 0.3) is 11.4 Å². The standard InChI is InChI=1S/C10H8F3N3/c1-6-2-3-7(4-14-6)9-15-5-8(16-9)10(11,12)13/h2-5H,1H3,(H,15,16). The van der Waals surface area contributed by atoms with E-state index in [1.807, 2.05) is 0 Å². The van der Waals surface area contributed by atoms with Gasteiger partial charge in [-0.1, -0.05) is 0 Å². The number of pyridine rings is 1. The lowest BCUT2D eigenvalue weighted by atomic mass is 10.2. The minimum absolute atomic E-state index is 0.167. The molecule has 84 valence electrons. The van der Waals surface area contributed by atoms with Crippen LogP contribution in [0, 0.1) is 6.92 Å². The number of hydrogen-bond acceptors (Lipinski definition) is 2. The zero-order valence-electron chi connectivity index (χ0n) is 8.34. The van der Waals surface area contributed by atoms with Crippen molar-refractivity contribution in [2.45, 2.75) is 13.1 Å². The van der Waals surface area contributed by atoms with Gasteiger partial charge in [0.25, 0.3) is 0 Å². The van der Waals surface area contributed by atoms with Crippen LogP contribution in [0.4, 0.5) is 13.2 Å².